The van der Waals surface area contributed by atoms with Crippen molar-refractivity contribution in [2.45, 2.75) is 59.4 Å². The van der Waals surface area contributed by atoms with Crippen molar-refractivity contribution in [3.63, 3.8) is 0 Å². The lowest BCUT2D eigenvalue weighted by Gasteiger charge is -2.38. The molecule has 3 heteroatoms. The molecule has 1 aromatic heterocycles. The van der Waals surface area contributed by atoms with Gasteiger partial charge in [0.25, 0.3) is 0 Å². The van der Waals surface area contributed by atoms with E-state index in [1.807, 2.05) is 6.20 Å². The molecule has 1 saturated heterocycles. The van der Waals surface area contributed by atoms with Gasteiger partial charge in [-0.15, -0.1) is 0 Å². The highest BCUT2D eigenvalue weighted by molar-refractivity contribution is 5.47. The highest BCUT2D eigenvalue weighted by atomic mass is 15.2. The van der Waals surface area contributed by atoms with Crippen molar-refractivity contribution in [2.75, 3.05) is 18.0 Å². The molecule has 1 unspecified atom stereocenters. The summed E-state index contributed by atoms with van der Waals surface area (Å²) in [5.41, 5.74) is 9.06. The van der Waals surface area contributed by atoms with Gasteiger partial charge < -0.3 is 10.6 Å². The van der Waals surface area contributed by atoms with Gasteiger partial charge in [0.2, 0.25) is 0 Å². The fraction of sp³-hybridized carbons (Fsp3) is 0.706. The fourth-order valence-electron chi connectivity index (χ4n) is 2.84. The summed E-state index contributed by atoms with van der Waals surface area (Å²) in [6, 6.07) is 2.51. The van der Waals surface area contributed by atoms with Gasteiger partial charge in [0.1, 0.15) is 5.82 Å². The second-order valence-corrected chi connectivity index (χ2v) is 7.01. The first-order chi connectivity index (χ1) is 9.41. The quantitative estimate of drug-likeness (QED) is 0.917. The largest absolute Gasteiger partial charge is 0.356 e. The average Bonchev–Trinajstić information content (AvgIpc) is 2.39. The van der Waals surface area contributed by atoms with Crippen LogP contribution in [0.4, 0.5) is 5.82 Å². The van der Waals surface area contributed by atoms with E-state index in [2.05, 4.69) is 38.7 Å². The first-order valence-electron chi connectivity index (χ1n) is 7.87. The summed E-state index contributed by atoms with van der Waals surface area (Å²) in [4.78, 5) is 7.14. The molecular weight excluding hydrogens is 246 g/mol. The molecule has 20 heavy (non-hydrogen) atoms. The van der Waals surface area contributed by atoms with E-state index in [-0.39, 0.29) is 6.04 Å². The summed E-state index contributed by atoms with van der Waals surface area (Å²) in [6.45, 7) is 11.3. The Bertz CT molecular complexity index is 444. The van der Waals surface area contributed by atoms with E-state index in [0.29, 0.717) is 5.41 Å². The minimum absolute atomic E-state index is 0.248. The molecule has 0 radical (unpaired) electrons. The van der Waals surface area contributed by atoms with Crippen LogP contribution in [0.15, 0.2) is 12.3 Å². The van der Waals surface area contributed by atoms with E-state index in [0.717, 1.165) is 31.7 Å². The summed E-state index contributed by atoms with van der Waals surface area (Å²) >= 11 is 0. The summed E-state index contributed by atoms with van der Waals surface area (Å²) in [7, 11) is 0. The zero-order chi connectivity index (χ0) is 14.8. The number of nitrogens with two attached hydrogens (primary N) is 1. The van der Waals surface area contributed by atoms with Crippen LogP contribution in [-0.4, -0.2) is 24.1 Å². The minimum Gasteiger partial charge on any atom is -0.356 e. The first-order valence-corrected chi connectivity index (χ1v) is 7.87. The van der Waals surface area contributed by atoms with Crippen molar-refractivity contribution < 1.29 is 0 Å². The lowest BCUT2D eigenvalue weighted by molar-refractivity contribution is 0.279. The molecule has 0 saturated carbocycles. The molecular formula is C17H29N3. The van der Waals surface area contributed by atoms with Crippen LogP contribution in [0.3, 0.4) is 0 Å². The summed E-state index contributed by atoms with van der Waals surface area (Å²) < 4.78 is 0. The van der Waals surface area contributed by atoms with Gasteiger partial charge in [-0.25, -0.2) is 4.98 Å². The number of nitrogens with zero attached hydrogens (tertiary/aromatic N) is 2. The molecule has 2 rings (SSSR count). The maximum atomic E-state index is 6.03. The van der Waals surface area contributed by atoms with Crippen LogP contribution in [0, 0.1) is 12.3 Å². The molecule has 112 valence electrons. The molecule has 2 heterocycles. The smallest absolute Gasteiger partial charge is 0.131 e. The Morgan fingerprint density at radius 1 is 1.35 bits per heavy atom. The number of aromatic nitrogens is 1. The molecule has 0 spiro atoms. The van der Waals surface area contributed by atoms with Crippen molar-refractivity contribution in [2.24, 2.45) is 11.1 Å². The van der Waals surface area contributed by atoms with Gasteiger partial charge in [0.05, 0.1) is 0 Å². The molecule has 1 aliphatic rings. The summed E-state index contributed by atoms with van der Waals surface area (Å²) in [5.74, 6) is 1.16. The predicted molar refractivity (Wildman–Crippen MR) is 86.2 cm³/mol. The lowest BCUT2D eigenvalue weighted by atomic mass is 9.82. The van der Waals surface area contributed by atoms with Gasteiger partial charge in [0, 0.05) is 25.3 Å². The number of aryl methyl sites for hydroxylation is 1. The Hall–Kier alpha value is -1.09. The van der Waals surface area contributed by atoms with E-state index in [9.17, 15) is 0 Å². The van der Waals surface area contributed by atoms with Crippen molar-refractivity contribution >= 4 is 5.82 Å². The Morgan fingerprint density at radius 2 is 2.00 bits per heavy atom. The minimum atomic E-state index is 0.248. The number of pyridine rings is 1. The number of hydrogen-bond donors (Lipinski definition) is 1. The topological polar surface area (TPSA) is 42.1 Å². The van der Waals surface area contributed by atoms with Gasteiger partial charge >= 0.3 is 0 Å². The van der Waals surface area contributed by atoms with Crippen LogP contribution in [0.5, 0.6) is 0 Å². The zero-order valence-corrected chi connectivity index (χ0v) is 13.4. The van der Waals surface area contributed by atoms with Crippen molar-refractivity contribution in [1.29, 1.82) is 0 Å². The normalized spacial score (nSPS) is 19.9. The van der Waals surface area contributed by atoms with Gasteiger partial charge in [-0.2, -0.15) is 0 Å². The van der Waals surface area contributed by atoms with Crippen molar-refractivity contribution in [1.82, 2.24) is 4.98 Å². The maximum Gasteiger partial charge on any atom is 0.131 e. The highest BCUT2D eigenvalue weighted by Gasteiger charge is 2.26. The molecule has 3 nitrogen and oxygen atoms in total. The lowest BCUT2D eigenvalue weighted by Crippen LogP contribution is -2.38. The van der Waals surface area contributed by atoms with E-state index in [4.69, 9.17) is 10.7 Å². The molecule has 0 aromatic carbocycles. The highest BCUT2D eigenvalue weighted by Crippen LogP contribution is 2.32. The molecule has 0 bridgehead atoms. The number of hydrogen-bond acceptors (Lipinski definition) is 3. The van der Waals surface area contributed by atoms with Gasteiger partial charge in [-0.1, -0.05) is 26.8 Å². The van der Waals surface area contributed by atoms with E-state index >= 15 is 0 Å². The number of anilines is 1. The Kier molecular flexibility index (Phi) is 4.69. The molecule has 2 N–H and O–H groups in total. The van der Waals surface area contributed by atoms with E-state index in [1.54, 1.807) is 0 Å². The monoisotopic (exact) mass is 275 g/mol. The van der Waals surface area contributed by atoms with Crippen LogP contribution < -0.4 is 10.6 Å². The van der Waals surface area contributed by atoms with Crippen LogP contribution >= 0.6 is 0 Å². The van der Waals surface area contributed by atoms with Crippen LogP contribution in [0.25, 0.3) is 0 Å². The van der Waals surface area contributed by atoms with Gasteiger partial charge in [-0.05, 0) is 49.1 Å². The van der Waals surface area contributed by atoms with Crippen LogP contribution in [-0.2, 0) is 6.42 Å². The third-order valence-electron chi connectivity index (χ3n) is 4.55. The number of piperidine rings is 1. The molecule has 0 amide bonds. The number of rotatable bonds is 4. The maximum absolute atomic E-state index is 6.03. The molecule has 0 aliphatic carbocycles. The molecule has 1 aromatic rings. The molecule has 1 aliphatic heterocycles. The molecule has 1 atom stereocenters. The van der Waals surface area contributed by atoms with E-state index in [1.165, 1.54) is 24.0 Å². The standard InChI is InChI=1S/C17H29N3/c1-5-15(18)11-14-10-13(2)16(19-12-14)20-8-6-17(3,4)7-9-20/h10,12,15H,5-9,11,18H2,1-4H3. The van der Waals surface area contributed by atoms with Crippen LogP contribution in [0.2, 0.25) is 0 Å². The SMILES string of the molecule is CCC(N)Cc1cnc(N2CCC(C)(C)CC2)c(C)c1. The predicted octanol–water partition coefficient (Wildman–Crippen LogP) is 3.30. The van der Waals surface area contributed by atoms with Crippen molar-refractivity contribution in [3.8, 4) is 0 Å². The third-order valence-corrected chi connectivity index (χ3v) is 4.55. The first kappa shape index (κ1) is 15.3. The third kappa shape index (κ3) is 3.72. The van der Waals surface area contributed by atoms with Gasteiger partial charge in [-0.3, -0.25) is 0 Å². The van der Waals surface area contributed by atoms with Crippen molar-refractivity contribution in [3.05, 3.63) is 23.4 Å². The van der Waals surface area contributed by atoms with Gasteiger partial charge in [0.15, 0.2) is 0 Å². The Labute approximate surface area is 123 Å². The van der Waals surface area contributed by atoms with E-state index < -0.39 is 0 Å². The second kappa shape index (κ2) is 6.13. The fourth-order valence-corrected chi connectivity index (χ4v) is 2.84. The Balaban J connectivity index is 2.06. The average molecular weight is 275 g/mol. The van der Waals surface area contributed by atoms with Crippen LogP contribution in [0.1, 0.15) is 51.2 Å². The second-order valence-electron chi connectivity index (χ2n) is 7.01. The zero-order valence-electron chi connectivity index (χ0n) is 13.4. The molecule has 1 fully saturated rings. The summed E-state index contributed by atoms with van der Waals surface area (Å²) in [6.07, 6.45) is 6.45. The Morgan fingerprint density at radius 3 is 2.55 bits per heavy atom. The summed E-state index contributed by atoms with van der Waals surface area (Å²) in [5, 5.41) is 0.